The smallest absolute Gasteiger partial charge is 0.306 e. The predicted molar refractivity (Wildman–Crippen MR) is 215 cm³/mol. The molecule has 0 bridgehead atoms. The van der Waals surface area contributed by atoms with Gasteiger partial charge in [-0.2, -0.15) is 0 Å². The highest BCUT2D eigenvalue weighted by atomic mass is 16.7. The molecule has 9 nitrogen and oxygen atoms in total. The fraction of sp³-hybridized carbons (Fsp3) is 0.886. The molecular weight excluding hydrogens is 672 g/mol. The fourth-order valence-corrected chi connectivity index (χ4v) is 6.61. The van der Waals surface area contributed by atoms with Gasteiger partial charge in [0.1, 0.15) is 30.5 Å². The van der Waals surface area contributed by atoms with E-state index in [0.29, 0.717) is 13.0 Å². The van der Waals surface area contributed by atoms with Crippen LogP contribution in [0.1, 0.15) is 187 Å². The van der Waals surface area contributed by atoms with Crippen LogP contribution in [0.5, 0.6) is 0 Å². The van der Waals surface area contributed by atoms with Crippen LogP contribution in [-0.4, -0.2) is 89.6 Å². The lowest BCUT2D eigenvalue weighted by Crippen LogP contribution is -2.59. The van der Waals surface area contributed by atoms with Crippen LogP contribution in [0.25, 0.3) is 0 Å². The summed E-state index contributed by atoms with van der Waals surface area (Å²) in [6.07, 6.45) is 33.6. The summed E-state index contributed by atoms with van der Waals surface area (Å²) in [6, 6.07) is 0. The van der Waals surface area contributed by atoms with Crippen molar-refractivity contribution >= 4 is 5.97 Å². The van der Waals surface area contributed by atoms with Crippen LogP contribution >= 0.6 is 0 Å². The number of carbonyl (C=O) groups is 1. The number of ether oxygens (including phenoxy) is 4. The van der Waals surface area contributed by atoms with Crippen molar-refractivity contribution in [1.82, 2.24) is 0 Å². The maximum Gasteiger partial charge on any atom is 0.306 e. The fourth-order valence-electron chi connectivity index (χ4n) is 6.61. The average Bonchev–Trinajstić information content (AvgIpc) is 3.16. The number of rotatable bonds is 37. The van der Waals surface area contributed by atoms with E-state index in [1.807, 2.05) is 0 Å². The summed E-state index contributed by atoms with van der Waals surface area (Å²) in [5.74, 6) is -0.325. The zero-order chi connectivity index (χ0) is 38.6. The van der Waals surface area contributed by atoms with E-state index in [9.17, 15) is 25.2 Å². The van der Waals surface area contributed by atoms with Gasteiger partial charge in [-0.05, 0) is 57.8 Å². The van der Waals surface area contributed by atoms with Gasteiger partial charge in [0.25, 0.3) is 0 Å². The van der Waals surface area contributed by atoms with Gasteiger partial charge in [0, 0.05) is 13.0 Å². The molecule has 6 atom stereocenters. The second-order valence-electron chi connectivity index (χ2n) is 15.1. The first-order valence-corrected chi connectivity index (χ1v) is 21.9. The second kappa shape index (κ2) is 36.3. The highest BCUT2D eigenvalue weighted by Gasteiger charge is 2.44. The van der Waals surface area contributed by atoms with E-state index < -0.39 is 43.4 Å². The van der Waals surface area contributed by atoms with Crippen LogP contribution in [0.4, 0.5) is 0 Å². The van der Waals surface area contributed by atoms with Crippen molar-refractivity contribution < 1.29 is 44.2 Å². The van der Waals surface area contributed by atoms with Crippen LogP contribution in [0.15, 0.2) is 24.3 Å². The Kier molecular flexibility index (Phi) is 34.0. The molecule has 0 spiro atoms. The van der Waals surface area contributed by atoms with Gasteiger partial charge in [-0.25, -0.2) is 0 Å². The molecule has 1 saturated heterocycles. The number of aliphatic hydroxyl groups is 4. The number of hydrogen-bond donors (Lipinski definition) is 4. The number of aliphatic hydroxyl groups excluding tert-OH is 4. The maximum absolute atomic E-state index is 12.7. The van der Waals surface area contributed by atoms with E-state index in [0.717, 1.165) is 57.8 Å². The average molecular weight is 755 g/mol. The van der Waals surface area contributed by atoms with E-state index in [2.05, 4.69) is 38.2 Å². The molecule has 1 fully saturated rings. The monoisotopic (exact) mass is 755 g/mol. The van der Waals surface area contributed by atoms with E-state index >= 15 is 0 Å². The summed E-state index contributed by atoms with van der Waals surface area (Å²) < 4.78 is 22.7. The first kappa shape index (κ1) is 49.7. The molecule has 1 rings (SSSR count). The summed E-state index contributed by atoms with van der Waals surface area (Å²) in [5.41, 5.74) is 0. The third kappa shape index (κ3) is 27.8. The van der Waals surface area contributed by atoms with Crippen LogP contribution < -0.4 is 0 Å². The predicted octanol–water partition coefficient (Wildman–Crippen LogP) is 9.42. The van der Waals surface area contributed by atoms with Crippen molar-refractivity contribution in [3.05, 3.63) is 24.3 Å². The van der Waals surface area contributed by atoms with E-state index in [-0.39, 0.29) is 19.2 Å². The van der Waals surface area contributed by atoms with E-state index in [4.69, 9.17) is 18.9 Å². The Labute approximate surface area is 324 Å². The third-order valence-corrected chi connectivity index (χ3v) is 10.1. The molecule has 0 aromatic rings. The molecule has 4 N–H and O–H groups in total. The van der Waals surface area contributed by atoms with Crippen LogP contribution in [0.3, 0.4) is 0 Å². The zero-order valence-corrected chi connectivity index (χ0v) is 34.0. The second-order valence-corrected chi connectivity index (χ2v) is 15.1. The highest BCUT2D eigenvalue weighted by molar-refractivity contribution is 5.69. The Balaban J connectivity index is 2.22. The van der Waals surface area contributed by atoms with Gasteiger partial charge in [0.05, 0.1) is 19.8 Å². The highest BCUT2D eigenvalue weighted by Crippen LogP contribution is 2.22. The summed E-state index contributed by atoms with van der Waals surface area (Å²) in [5, 5.41) is 40.0. The van der Waals surface area contributed by atoms with Gasteiger partial charge in [-0.3, -0.25) is 4.79 Å². The van der Waals surface area contributed by atoms with Crippen molar-refractivity contribution in [3.8, 4) is 0 Å². The lowest BCUT2D eigenvalue weighted by Gasteiger charge is -2.39. The van der Waals surface area contributed by atoms with E-state index in [1.165, 1.54) is 109 Å². The Bertz CT molecular complexity index is 864. The largest absolute Gasteiger partial charge is 0.457 e. The van der Waals surface area contributed by atoms with Gasteiger partial charge < -0.3 is 39.4 Å². The molecule has 312 valence electrons. The summed E-state index contributed by atoms with van der Waals surface area (Å²) in [7, 11) is 0. The lowest BCUT2D eigenvalue weighted by molar-refractivity contribution is -0.305. The first-order chi connectivity index (χ1) is 25.9. The molecule has 0 aromatic carbocycles. The van der Waals surface area contributed by atoms with Crippen molar-refractivity contribution in [3.63, 3.8) is 0 Å². The molecule has 1 aliphatic rings. The minimum Gasteiger partial charge on any atom is -0.457 e. The lowest BCUT2D eigenvalue weighted by atomic mass is 9.99. The Morgan fingerprint density at radius 3 is 1.60 bits per heavy atom. The van der Waals surface area contributed by atoms with Gasteiger partial charge in [0.15, 0.2) is 6.29 Å². The SMILES string of the molecule is CCC/C=C\CCCCCCCC(=O)OC(COCCCCCCCCCCCC/C=C\CCCCCCCC)COC1OC(CO)C(O)C(O)C1O. The standard InChI is InChI=1S/C44H82O9/c1-3-5-7-9-11-13-15-16-17-18-19-20-21-22-23-24-26-28-30-32-34-50-36-38(37-51-44-43(49)42(48)41(47)39(35-45)53-44)52-40(46)33-31-29-27-25-14-12-10-8-6-4-2/h8,10,16-17,38-39,41-45,47-49H,3-7,9,11-15,18-37H2,1-2H3/b10-8-,17-16-. The number of carbonyl (C=O) groups excluding carboxylic acids is 1. The van der Waals surface area contributed by atoms with Gasteiger partial charge in [-0.15, -0.1) is 0 Å². The van der Waals surface area contributed by atoms with Crippen molar-refractivity contribution in [2.45, 2.75) is 224 Å². The molecule has 0 radical (unpaired) electrons. The molecule has 0 aromatic heterocycles. The van der Waals surface area contributed by atoms with Crippen LogP contribution in [0.2, 0.25) is 0 Å². The van der Waals surface area contributed by atoms with Crippen LogP contribution in [-0.2, 0) is 23.7 Å². The molecule has 6 unspecified atom stereocenters. The topological polar surface area (TPSA) is 135 Å². The molecule has 9 heteroatoms. The maximum atomic E-state index is 12.7. The Hall–Kier alpha value is -1.33. The minimum absolute atomic E-state index is 0.115. The van der Waals surface area contributed by atoms with Crippen molar-refractivity contribution in [1.29, 1.82) is 0 Å². The number of esters is 1. The van der Waals surface area contributed by atoms with Crippen LogP contribution in [0, 0.1) is 0 Å². The molecule has 1 aliphatic heterocycles. The third-order valence-electron chi connectivity index (χ3n) is 10.1. The normalized spacial score (nSPS) is 21.2. The van der Waals surface area contributed by atoms with Gasteiger partial charge in [0.2, 0.25) is 0 Å². The summed E-state index contributed by atoms with van der Waals surface area (Å²) >= 11 is 0. The van der Waals surface area contributed by atoms with E-state index in [1.54, 1.807) is 0 Å². The van der Waals surface area contributed by atoms with Gasteiger partial charge >= 0.3 is 5.97 Å². The van der Waals surface area contributed by atoms with Crippen molar-refractivity contribution in [2.24, 2.45) is 0 Å². The zero-order valence-electron chi connectivity index (χ0n) is 34.0. The molecular formula is C44H82O9. The number of unbranched alkanes of at least 4 members (excludes halogenated alkanes) is 22. The minimum atomic E-state index is -1.53. The molecule has 1 heterocycles. The molecule has 53 heavy (non-hydrogen) atoms. The summed E-state index contributed by atoms with van der Waals surface area (Å²) in [6.45, 7) is 4.49. The summed E-state index contributed by atoms with van der Waals surface area (Å²) in [4.78, 5) is 12.7. The molecule has 0 saturated carbocycles. The Morgan fingerprint density at radius 1 is 0.585 bits per heavy atom. The van der Waals surface area contributed by atoms with Crippen molar-refractivity contribution in [2.75, 3.05) is 26.4 Å². The number of hydrogen-bond acceptors (Lipinski definition) is 9. The van der Waals surface area contributed by atoms with Gasteiger partial charge in [-0.1, -0.05) is 147 Å². The molecule has 0 amide bonds. The first-order valence-electron chi connectivity index (χ1n) is 21.9. The quantitative estimate of drug-likeness (QED) is 0.0278. The Morgan fingerprint density at radius 2 is 1.08 bits per heavy atom. The molecule has 0 aliphatic carbocycles. The number of allylic oxidation sites excluding steroid dienone is 4.